The predicted octanol–water partition coefficient (Wildman–Crippen LogP) is 3.65. The smallest absolute Gasteiger partial charge is 0.130 e. The summed E-state index contributed by atoms with van der Waals surface area (Å²) in [7, 11) is 1.85. The minimum absolute atomic E-state index is 0.683. The van der Waals surface area contributed by atoms with Crippen LogP contribution in [0.5, 0.6) is 0 Å². The lowest BCUT2D eigenvalue weighted by Gasteiger charge is -2.02. The monoisotopic (exact) mass is 252 g/mol. The van der Waals surface area contributed by atoms with Crippen LogP contribution in [-0.2, 0) is 7.05 Å². The van der Waals surface area contributed by atoms with Gasteiger partial charge in [-0.1, -0.05) is 17.7 Å². The molecule has 0 amide bonds. The Kier molecular flexibility index (Phi) is 3.00. The third-order valence-electron chi connectivity index (χ3n) is 2.67. The summed E-state index contributed by atoms with van der Waals surface area (Å²) in [6.07, 6.45) is 0. The van der Waals surface area contributed by atoms with Crippen LogP contribution in [-0.4, -0.2) is 9.78 Å². The van der Waals surface area contributed by atoms with E-state index in [1.54, 1.807) is 4.68 Å². The molecule has 0 fully saturated rings. The predicted molar refractivity (Wildman–Crippen MR) is 70.4 cm³/mol. The molecule has 16 heavy (non-hydrogen) atoms. The molecule has 1 aromatic heterocycles. The fraction of sp³-hybridized carbons (Fsp3) is 0.250. The van der Waals surface area contributed by atoms with E-state index in [0.29, 0.717) is 5.15 Å². The topological polar surface area (TPSA) is 17.8 Å². The van der Waals surface area contributed by atoms with E-state index in [9.17, 15) is 0 Å². The van der Waals surface area contributed by atoms with Gasteiger partial charge < -0.3 is 0 Å². The van der Waals surface area contributed by atoms with Gasteiger partial charge in [-0.3, -0.25) is 4.68 Å². The van der Waals surface area contributed by atoms with Crippen molar-refractivity contribution in [3.8, 4) is 11.3 Å². The van der Waals surface area contributed by atoms with E-state index in [1.165, 1.54) is 0 Å². The maximum absolute atomic E-state index is 6.10. The quantitative estimate of drug-likeness (QED) is 0.767. The summed E-state index contributed by atoms with van der Waals surface area (Å²) < 4.78 is 1.69. The average Bonchev–Trinajstić information content (AvgIpc) is 2.50. The maximum Gasteiger partial charge on any atom is 0.130 e. The molecular weight excluding hydrogens is 240 g/mol. The third-order valence-corrected chi connectivity index (χ3v) is 3.70. The van der Waals surface area contributed by atoms with Crippen LogP contribution in [0.15, 0.2) is 23.1 Å². The molecular formula is C12H13ClN2S. The number of thiol groups is 1. The van der Waals surface area contributed by atoms with E-state index in [-0.39, 0.29) is 0 Å². The fourth-order valence-corrected chi connectivity index (χ4v) is 1.95. The molecule has 1 heterocycles. The van der Waals surface area contributed by atoms with Gasteiger partial charge >= 0.3 is 0 Å². The molecule has 0 spiro atoms. The molecule has 0 saturated carbocycles. The normalized spacial score (nSPS) is 10.8. The number of hydrogen-bond acceptors (Lipinski definition) is 2. The van der Waals surface area contributed by atoms with Gasteiger partial charge in [-0.25, -0.2) is 0 Å². The molecule has 0 N–H and O–H groups in total. The highest BCUT2D eigenvalue weighted by atomic mass is 35.5. The number of aromatic nitrogens is 2. The summed E-state index contributed by atoms with van der Waals surface area (Å²) in [5.41, 5.74) is 4.16. The minimum Gasteiger partial charge on any atom is -0.256 e. The lowest BCUT2D eigenvalue weighted by Crippen LogP contribution is -1.90. The van der Waals surface area contributed by atoms with Crippen LogP contribution in [0.4, 0.5) is 0 Å². The summed E-state index contributed by atoms with van der Waals surface area (Å²) in [4.78, 5) is 0.989. The minimum atomic E-state index is 0.683. The van der Waals surface area contributed by atoms with Gasteiger partial charge in [0.2, 0.25) is 0 Å². The molecule has 0 radical (unpaired) electrons. The average molecular weight is 253 g/mol. The number of rotatable bonds is 1. The first-order valence-electron chi connectivity index (χ1n) is 5.00. The molecule has 2 rings (SSSR count). The van der Waals surface area contributed by atoms with Crippen molar-refractivity contribution in [3.05, 3.63) is 34.5 Å². The molecule has 0 unspecified atom stereocenters. The lowest BCUT2D eigenvalue weighted by atomic mass is 10.1. The zero-order chi connectivity index (χ0) is 11.9. The van der Waals surface area contributed by atoms with Crippen LogP contribution in [0.25, 0.3) is 11.3 Å². The Morgan fingerprint density at radius 1 is 1.31 bits per heavy atom. The highest BCUT2D eigenvalue weighted by molar-refractivity contribution is 7.80. The van der Waals surface area contributed by atoms with Crippen molar-refractivity contribution in [1.29, 1.82) is 0 Å². The van der Waals surface area contributed by atoms with Crippen LogP contribution in [0.1, 0.15) is 11.1 Å². The van der Waals surface area contributed by atoms with Crippen LogP contribution < -0.4 is 0 Å². The summed E-state index contributed by atoms with van der Waals surface area (Å²) >= 11 is 10.5. The van der Waals surface area contributed by atoms with Gasteiger partial charge in [0.1, 0.15) is 5.15 Å². The Morgan fingerprint density at radius 3 is 2.50 bits per heavy atom. The first kappa shape index (κ1) is 11.6. The van der Waals surface area contributed by atoms with Gasteiger partial charge in [-0.15, -0.1) is 12.6 Å². The molecule has 84 valence electrons. The van der Waals surface area contributed by atoms with Crippen molar-refractivity contribution < 1.29 is 0 Å². The molecule has 0 aliphatic carbocycles. The summed E-state index contributed by atoms with van der Waals surface area (Å²) in [5.74, 6) is 0. The number of hydrogen-bond donors (Lipinski definition) is 1. The van der Waals surface area contributed by atoms with Crippen molar-refractivity contribution in [1.82, 2.24) is 9.78 Å². The number of nitrogens with zero attached hydrogens (tertiary/aromatic N) is 2. The van der Waals surface area contributed by atoms with Gasteiger partial charge in [0.05, 0.1) is 5.69 Å². The molecule has 2 nitrogen and oxygen atoms in total. The van der Waals surface area contributed by atoms with Crippen molar-refractivity contribution >= 4 is 24.2 Å². The highest BCUT2D eigenvalue weighted by Gasteiger charge is 2.12. The maximum atomic E-state index is 6.10. The Labute approximate surface area is 106 Å². The summed E-state index contributed by atoms with van der Waals surface area (Å²) in [5, 5.41) is 5.09. The number of aryl methyl sites for hydroxylation is 2. The van der Waals surface area contributed by atoms with E-state index in [2.05, 4.69) is 23.8 Å². The van der Waals surface area contributed by atoms with Gasteiger partial charge in [0.15, 0.2) is 0 Å². The zero-order valence-corrected chi connectivity index (χ0v) is 11.1. The lowest BCUT2D eigenvalue weighted by molar-refractivity contribution is 0.771. The molecule has 4 heteroatoms. The van der Waals surface area contributed by atoms with Crippen LogP contribution in [0.3, 0.4) is 0 Å². The largest absolute Gasteiger partial charge is 0.256 e. The van der Waals surface area contributed by atoms with Gasteiger partial charge in [-0.05, 0) is 31.5 Å². The molecule has 2 aromatic rings. The summed E-state index contributed by atoms with van der Waals surface area (Å²) in [6.45, 7) is 4.01. The second-order valence-corrected chi connectivity index (χ2v) is 4.73. The molecule has 1 aromatic carbocycles. The molecule has 0 saturated heterocycles. The Morgan fingerprint density at radius 2 is 2.00 bits per heavy atom. The summed E-state index contributed by atoms with van der Waals surface area (Å²) in [6, 6.07) is 6.07. The van der Waals surface area contributed by atoms with Crippen LogP contribution in [0.2, 0.25) is 5.15 Å². The SMILES string of the molecule is Cc1cc(-c2nn(C)c(Cl)c2C)ccc1S. The first-order chi connectivity index (χ1) is 7.50. The van der Waals surface area contributed by atoms with E-state index in [4.69, 9.17) is 11.6 Å². The second kappa shape index (κ2) is 4.15. The van der Waals surface area contributed by atoms with Gasteiger partial charge in [0, 0.05) is 23.1 Å². The van der Waals surface area contributed by atoms with E-state index in [0.717, 1.165) is 27.3 Å². The van der Waals surface area contributed by atoms with E-state index < -0.39 is 0 Å². The van der Waals surface area contributed by atoms with Crippen LogP contribution >= 0.6 is 24.2 Å². The van der Waals surface area contributed by atoms with Crippen LogP contribution in [0, 0.1) is 13.8 Å². The standard InChI is InChI=1S/C12H13ClN2S/c1-7-6-9(4-5-10(7)16)11-8(2)12(13)15(3)14-11/h4-6,16H,1-3H3. The molecule has 0 atom stereocenters. The third kappa shape index (κ3) is 1.85. The van der Waals surface area contributed by atoms with Gasteiger partial charge in [0.25, 0.3) is 0 Å². The molecule has 0 aliphatic rings. The Bertz CT molecular complexity index is 546. The van der Waals surface area contributed by atoms with E-state index >= 15 is 0 Å². The fourth-order valence-electron chi connectivity index (χ4n) is 1.69. The van der Waals surface area contributed by atoms with E-state index in [1.807, 2.05) is 33.0 Å². The van der Waals surface area contributed by atoms with Crippen molar-refractivity contribution in [3.63, 3.8) is 0 Å². The molecule has 0 aliphatic heterocycles. The Balaban J connectivity index is 2.59. The highest BCUT2D eigenvalue weighted by Crippen LogP contribution is 2.29. The van der Waals surface area contributed by atoms with Crippen molar-refractivity contribution in [2.24, 2.45) is 7.05 Å². The van der Waals surface area contributed by atoms with Gasteiger partial charge in [-0.2, -0.15) is 5.10 Å². The Hall–Kier alpha value is -0.930. The second-order valence-electron chi connectivity index (χ2n) is 3.89. The number of halogens is 1. The molecule has 0 bridgehead atoms. The zero-order valence-electron chi connectivity index (χ0n) is 9.45. The first-order valence-corrected chi connectivity index (χ1v) is 5.82. The number of benzene rings is 1. The van der Waals surface area contributed by atoms with Crippen molar-refractivity contribution in [2.45, 2.75) is 18.7 Å². The van der Waals surface area contributed by atoms with Crippen molar-refractivity contribution in [2.75, 3.05) is 0 Å².